The van der Waals surface area contributed by atoms with E-state index in [0.717, 1.165) is 41.4 Å². The molecule has 1 aromatic heterocycles. The third-order valence-electron chi connectivity index (χ3n) is 4.83. The zero-order valence-electron chi connectivity index (χ0n) is 13.7. The number of hydrogen-bond acceptors (Lipinski definition) is 6. The van der Waals surface area contributed by atoms with Gasteiger partial charge in [0.05, 0.1) is 0 Å². The van der Waals surface area contributed by atoms with Gasteiger partial charge in [-0.3, -0.25) is 4.79 Å². The number of rotatable bonds is 4. The van der Waals surface area contributed by atoms with Crippen LogP contribution in [0.15, 0.2) is 18.2 Å². The fraction of sp³-hybridized carbons (Fsp3) is 0.412. The molecular weight excluding hydrogens is 399 g/mol. The number of aromatic nitrogens is 1. The molecular formula is C17H16Cl2N2O4S. The third kappa shape index (κ3) is 3.24. The third-order valence-corrected chi connectivity index (χ3v) is 6.62. The number of fused-ring (bicyclic) bond motifs is 1. The van der Waals surface area contributed by atoms with Crippen molar-refractivity contribution in [2.45, 2.75) is 18.3 Å². The maximum absolute atomic E-state index is 12.5. The molecule has 0 unspecified atom stereocenters. The highest BCUT2D eigenvalue weighted by Crippen LogP contribution is 2.40. The van der Waals surface area contributed by atoms with Gasteiger partial charge in [-0.15, -0.1) is 0 Å². The molecule has 2 aliphatic heterocycles. The summed E-state index contributed by atoms with van der Waals surface area (Å²) in [5.41, 5.74) is 0.856. The van der Waals surface area contributed by atoms with Gasteiger partial charge in [0.1, 0.15) is 9.90 Å². The predicted molar refractivity (Wildman–Crippen MR) is 98.8 cm³/mol. The van der Waals surface area contributed by atoms with Crippen molar-refractivity contribution < 1.29 is 19.0 Å². The normalized spacial score (nSPS) is 17.9. The first kappa shape index (κ1) is 17.9. The fourth-order valence-electron chi connectivity index (χ4n) is 3.29. The number of hydrogen-bond donors (Lipinski definition) is 1. The number of halogens is 2. The minimum atomic E-state index is -0.272. The summed E-state index contributed by atoms with van der Waals surface area (Å²) in [5.74, 6) is 1.20. The van der Waals surface area contributed by atoms with E-state index in [0.29, 0.717) is 24.6 Å². The number of nitrogens with one attached hydrogen (secondary N) is 1. The smallest absolute Gasteiger partial charge is 0.264 e. The second kappa shape index (κ2) is 7.23. The van der Waals surface area contributed by atoms with Crippen LogP contribution < -0.4 is 14.8 Å². The molecule has 2 aromatic rings. The van der Waals surface area contributed by atoms with Crippen molar-refractivity contribution in [1.82, 2.24) is 9.69 Å². The minimum absolute atomic E-state index is 0.151. The lowest BCUT2D eigenvalue weighted by Crippen LogP contribution is -2.44. The number of amides is 1. The molecule has 0 saturated carbocycles. The number of nitrogens with zero attached hydrogens (tertiary/aromatic N) is 1. The molecule has 1 fully saturated rings. The van der Waals surface area contributed by atoms with Crippen LogP contribution in [0.1, 0.15) is 28.1 Å². The summed E-state index contributed by atoms with van der Waals surface area (Å²) >= 11 is 12.9. The van der Waals surface area contributed by atoms with Gasteiger partial charge in [-0.05, 0) is 42.1 Å². The van der Waals surface area contributed by atoms with E-state index in [1.54, 1.807) is 0 Å². The molecule has 138 valence electrons. The molecule has 0 atom stereocenters. The summed E-state index contributed by atoms with van der Waals surface area (Å²) in [5, 5.41) is 3.33. The van der Waals surface area contributed by atoms with Crippen LogP contribution in [0, 0.1) is 0 Å². The average Bonchev–Trinajstić information content (AvgIpc) is 3.27. The topological polar surface area (TPSA) is 69.7 Å². The first-order valence-corrected chi connectivity index (χ1v) is 9.69. The lowest BCUT2D eigenvalue weighted by atomic mass is 9.74. The van der Waals surface area contributed by atoms with E-state index in [1.165, 1.54) is 0 Å². The summed E-state index contributed by atoms with van der Waals surface area (Å²) in [4.78, 5) is 12.8. The van der Waals surface area contributed by atoms with Crippen LogP contribution in [0.4, 0.5) is 0 Å². The van der Waals surface area contributed by atoms with E-state index in [-0.39, 0.29) is 28.3 Å². The molecule has 1 amide bonds. The van der Waals surface area contributed by atoms with Gasteiger partial charge in [-0.2, -0.15) is 4.37 Å². The molecule has 1 N–H and O–H groups in total. The summed E-state index contributed by atoms with van der Waals surface area (Å²) in [6, 6.07) is 5.94. The molecule has 26 heavy (non-hydrogen) atoms. The number of carbonyl (C=O) groups is 1. The molecule has 9 heteroatoms. The molecule has 0 radical (unpaired) electrons. The van der Waals surface area contributed by atoms with Crippen molar-refractivity contribution in [3.8, 4) is 11.5 Å². The van der Waals surface area contributed by atoms with Crippen LogP contribution in [-0.4, -0.2) is 36.8 Å². The number of ether oxygens (including phenoxy) is 3. The second-order valence-electron chi connectivity index (χ2n) is 6.26. The minimum Gasteiger partial charge on any atom is -0.454 e. The van der Waals surface area contributed by atoms with E-state index in [2.05, 4.69) is 9.69 Å². The molecule has 1 saturated heterocycles. The van der Waals surface area contributed by atoms with E-state index in [4.69, 9.17) is 37.4 Å². The van der Waals surface area contributed by atoms with Crippen molar-refractivity contribution >= 4 is 40.6 Å². The Balaban J connectivity index is 1.57. The van der Waals surface area contributed by atoms with E-state index >= 15 is 0 Å². The Morgan fingerprint density at radius 1 is 1.23 bits per heavy atom. The zero-order valence-corrected chi connectivity index (χ0v) is 16.0. The van der Waals surface area contributed by atoms with Gasteiger partial charge in [-0.25, -0.2) is 0 Å². The summed E-state index contributed by atoms with van der Waals surface area (Å²) in [7, 11) is 0. The van der Waals surface area contributed by atoms with E-state index < -0.39 is 0 Å². The molecule has 4 rings (SSSR count). The van der Waals surface area contributed by atoms with Gasteiger partial charge >= 0.3 is 0 Å². The van der Waals surface area contributed by atoms with Crippen molar-refractivity contribution in [2.24, 2.45) is 0 Å². The lowest BCUT2D eigenvalue weighted by molar-refractivity contribution is 0.0487. The maximum Gasteiger partial charge on any atom is 0.264 e. The molecule has 0 spiro atoms. The van der Waals surface area contributed by atoms with Crippen LogP contribution in [0.25, 0.3) is 0 Å². The quantitative estimate of drug-likeness (QED) is 0.826. The van der Waals surface area contributed by atoms with Crippen LogP contribution in [0.5, 0.6) is 11.5 Å². The molecule has 3 heterocycles. The fourth-order valence-corrected chi connectivity index (χ4v) is 4.42. The first-order valence-electron chi connectivity index (χ1n) is 8.16. The Morgan fingerprint density at radius 2 is 2.00 bits per heavy atom. The van der Waals surface area contributed by atoms with Crippen LogP contribution in [0.3, 0.4) is 0 Å². The zero-order chi connectivity index (χ0) is 18.1. The van der Waals surface area contributed by atoms with Crippen LogP contribution in [-0.2, 0) is 10.2 Å². The first-order chi connectivity index (χ1) is 12.6. The summed E-state index contributed by atoms with van der Waals surface area (Å²) in [6.45, 7) is 1.96. The summed E-state index contributed by atoms with van der Waals surface area (Å²) < 4.78 is 20.4. The lowest BCUT2D eigenvalue weighted by Gasteiger charge is -2.38. The van der Waals surface area contributed by atoms with Gasteiger partial charge in [0, 0.05) is 25.2 Å². The Labute approximate surface area is 164 Å². The summed E-state index contributed by atoms with van der Waals surface area (Å²) in [6.07, 6.45) is 1.59. The van der Waals surface area contributed by atoms with Gasteiger partial charge < -0.3 is 19.5 Å². The van der Waals surface area contributed by atoms with Gasteiger partial charge in [0.25, 0.3) is 5.91 Å². The van der Waals surface area contributed by atoms with Crippen molar-refractivity contribution in [3.05, 3.63) is 38.8 Å². The van der Waals surface area contributed by atoms with E-state index in [9.17, 15) is 4.79 Å². The largest absolute Gasteiger partial charge is 0.454 e. The molecule has 1 aromatic carbocycles. The Morgan fingerprint density at radius 3 is 2.73 bits per heavy atom. The van der Waals surface area contributed by atoms with Gasteiger partial charge in [0.15, 0.2) is 16.7 Å². The van der Waals surface area contributed by atoms with Crippen molar-refractivity contribution in [2.75, 3.05) is 26.6 Å². The molecule has 2 aliphatic rings. The Hall–Kier alpha value is -1.54. The Kier molecular flexibility index (Phi) is 4.96. The monoisotopic (exact) mass is 414 g/mol. The highest BCUT2D eigenvalue weighted by molar-refractivity contribution is 7.09. The Bertz CT molecular complexity index is 836. The highest BCUT2D eigenvalue weighted by atomic mass is 35.5. The second-order valence-corrected chi connectivity index (χ2v) is 7.77. The van der Waals surface area contributed by atoms with Crippen LogP contribution in [0.2, 0.25) is 10.2 Å². The SMILES string of the molecule is O=C(NCC1(c2ccc3c(c2)OCO3)CCOCC1)c1snc(Cl)c1Cl. The highest BCUT2D eigenvalue weighted by Gasteiger charge is 2.36. The molecule has 0 bridgehead atoms. The maximum atomic E-state index is 12.5. The van der Waals surface area contributed by atoms with Crippen molar-refractivity contribution in [1.29, 1.82) is 0 Å². The van der Waals surface area contributed by atoms with Gasteiger partial charge in [-0.1, -0.05) is 29.3 Å². The predicted octanol–water partition coefficient (Wildman–Crippen LogP) is 3.66. The van der Waals surface area contributed by atoms with Crippen LogP contribution >= 0.6 is 34.7 Å². The number of carbonyl (C=O) groups excluding carboxylic acids is 1. The average molecular weight is 415 g/mol. The molecule has 6 nitrogen and oxygen atoms in total. The standard InChI is InChI=1S/C17H16Cl2N2O4S/c18-13-14(26-21-15(13)19)16(22)20-8-17(3-5-23-6-4-17)10-1-2-11-12(7-10)25-9-24-11/h1-2,7H,3-6,8-9H2,(H,20,22). The molecule has 0 aliphatic carbocycles. The van der Waals surface area contributed by atoms with Crippen molar-refractivity contribution in [3.63, 3.8) is 0 Å². The van der Waals surface area contributed by atoms with Gasteiger partial charge in [0.2, 0.25) is 6.79 Å². The van der Waals surface area contributed by atoms with E-state index in [1.807, 2.05) is 18.2 Å². The number of benzene rings is 1.